The number of aryl methyl sites for hydroxylation is 1. The molecule has 1 aliphatic rings. The third-order valence-corrected chi connectivity index (χ3v) is 6.09. The molecule has 27 heavy (non-hydrogen) atoms. The van der Waals surface area contributed by atoms with Crippen LogP contribution in [-0.2, 0) is 6.54 Å². The summed E-state index contributed by atoms with van der Waals surface area (Å²) in [7, 11) is 1.87. The molecule has 7 heteroatoms. The molecule has 1 amide bonds. The van der Waals surface area contributed by atoms with Crippen LogP contribution in [-0.4, -0.2) is 51.3 Å². The number of imidazole rings is 1. The summed E-state index contributed by atoms with van der Waals surface area (Å²) in [6.45, 7) is 4.19. The summed E-state index contributed by atoms with van der Waals surface area (Å²) in [4.78, 5) is 22.4. The number of likely N-dealkylation sites (N-methyl/N-ethyl adjacent to an activating group) is 1. The maximum absolute atomic E-state index is 14.0. The van der Waals surface area contributed by atoms with E-state index in [0.717, 1.165) is 36.6 Å². The molecule has 1 saturated heterocycles. The van der Waals surface area contributed by atoms with E-state index in [0.29, 0.717) is 17.8 Å². The van der Waals surface area contributed by atoms with E-state index in [2.05, 4.69) is 9.88 Å². The maximum Gasteiger partial charge on any atom is 0.271 e. The number of hydrogen-bond acceptors (Lipinski definition) is 4. The zero-order chi connectivity index (χ0) is 19.0. The highest BCUT2D eigenvalue weighted by molar-refractivity contribution is 7.15. The minimum Gasteiger partial charge on any atom is -0.336 e. The summed E-state index contributed by atoms with van der Waals surface area (Å²) < 4.78 is 15.8. The predicted molar refractivity (Wildman–Crippen MR) is 105 cm³/mol. The first-order valence-corrected chi connectivity index (χ1v) is 10.1. The van der Waals surface area contributed by atoms with Crippen molar-refractivity contribution >= 4 is 22.2 Å². The molecule has 1 aliphatic heterocycles. The standard InChI is InChI=1S/C20H23FN4OS/c1-14-10-25-18(13-27-20(25)22-14)19(26)23(2)16-7-5-9-24(12-16)11-15-6-3-4-8-17(15)21/h3-4,6,8,10,13,16H,5,7,9,11-12H2,1-2H3. The van der Waals surface area contributed by atoms with E-state index < -0.39 is 0 Å². The van der Waals surface area contributed by atoms with Gasteiger partial charge in [-0.2, -0.15) is 0 Å². The van der Waals surface area contributed by atoms with Crippen LogP contribution < -0.4 is 0 Å². The van der Waals surface area contributed by atoms with Gasteiger partial charge in [0.15, 0.2) is 4.96 Å². The molecule has 0 spiro atoms. The topological polar surface area (TPSA) is 40.9 Å². The number of likely N-dealkylation sites (tertiary alicyclic amines) is 1. The molecule has 0 bridgehead atoms. The molecule has 0 saturated carbocycles. The lowest BCUT2D eigenvalue weighted by atomic mass is 10.0. The second kappa shape index (κ2) is 7.40. The molecule has 1 unspecified atom stereocenters. The highest BCUT2D eigenvalue weighted by atomic mass is 32.1. The number of piperidine rings is 1. The van der Waals surface area contributed by atoms with Crippen LogP contribution >= 0.6 is 11.3 Å². The first-order chi connectivity index (χ1) is 13.0. The van der Waals surface area contributed by atoms with Gasteiger partial charge in [0.05, 0.1) is 5.69 Å². The van der Waals surface area contributed by atoms with Gasteiger partial charge in [0, 0.05) is 43.3 Å². The minimum atomic E-state index is -0.166. The zero-order valence-corrected chi connectivity index (χ0v) is 16.4. The number of nitrogens with zero attached hydrogens (tertiary/aromatic N) is 4. The predicted octanol–water partition coefficient (Wildman–Crippen LogP) is 3.58. The van der Waals surface area contributed by atoms with Gasteiger partial charge in [0.2, 0.25) is 0 Å². The first-order valence-electron chi connectivity index (χ1n) is 9.19. The van der Waals surface area contributed by atoms with Crippen LogP contribution in [0.3, 0.4) is 0 Å². The number of rotatable bonds is 4. The van der Waals surface area contributed by atoms with Crippen LogP contribution in [0.5, 0.6) is 0 Å². The smallest absolute Gasteiger partial charge is 0.271 e. The molecule has 2 aromatic heterocycles. The van der Waals surface area contributed by atoms with Crippen molar-refractivity contribution in [2.75, 3.05) is 20.1 Å². The SMILES string of the molecule is Cc1cn2c(C(=O)N(C)C3CCCN(Cc4ccccc4F)C3)csc2n1. The zero-order valence-electron chi connectivity index (χ0n) is 15.6. The monoisotopic (exact) mass is 386 g/mol. The van der Waals surface area contributed by atoms with Crippen LogP contribution in [0.4, 0.5) is 4.39 Å². The van der Waals surface area contributed by atoms with E-state index in [4.69, 9.17) is 0 Å². The summed E-state index contributed by atoms with van der Waals surface area (Å²) in [5.41, 5.74) is 2.28. The molecular weight excluding hydrogens is 363 g/mol. The average molecular weight is 386 g/mol. The minimum absolute atomic E-state index is 0.0105. The van der Waals surface area contributed by atoms with Gasteiger partial charge in [0.1, 0.15) is 11.5 Å². The Morgan fingerprint density at radius 1 is 1.41 bits per heavy atom. The van der Waals surface area contributed by atoms with Gasteiger partial charge in [-0.15, -0.1) is 11.3 Å². The Bertz CT molecular complexity index is 966. The fourth-order valence-corrected chi connectivity index (χ4v) is 4.65. The first kappa shape index (κ1) is 18.1. The number of aromatic nitrogens is 2. The Hall–Kier alpha value is -2.25. The molecule has 3 heterocycles. The number of fused-ring (bicyclic) bond motifs is 1. The number of halogens is 1. The van der Waals surface area contributed by atoms with Gasteiger partial charge in [-0.05, 0) is 32.4 Å². The van der Waals surface area contributed by atoms with Crippen LogP contribution in [0.1, 0.15) is 34.6 Å². The van der Waals surface area contributed by atoms with Crippen molar-refractivity contribution in [2.24, 2.45) is 0 Å². The van der Waals surface area contributed by atoms with Crippen molar-refractivity contribution in [3.63, 3.8) is 0 Å². The molecular formula is C20H23FN4OS. The van der Waals surface area contributed by atoms with Gasteiger partial charge >= 0.3 is 0 Å². The Labute approximate surface area is 162 Å². The van der Waals surface area contributed by atoms with Gasteiger partial charge in [-0.3, -0.25) is 14.1 Å². The van der Waals surface area contributed by atoms with Gasteiger partial charge < -0.3 is 4.90 Å². The van der Waals surface area contributed by atoms with E-state index in [9.17, 15) is 9.18 Å². The number of thiazole rings is 1. The number of hydrogen-bond donors (Lipinski definition) is 0. The van der Waals surface area contributed by atoms with E-state index in [-0.39, 0.29) is 17.8 Å². The molecule has 142 valence electrons. The lowest BCUT2D eigenvalue weighted by Gasteiger charge is -2.37. The van der Waals surface area contributed by atoms with E-state index in [1.54, 1.807) is 6.07 Å². The lowest BCUT2D eigenvalue weighted by molar-refractivity contribution is 0.0601. The second-order valence-electron chi connectivity index (χ2n) is 7.19. The molecule has 1 atom stereocenters. The Kier molecular flexibility index (Phi) is 4.97. The Balaban J connectivity index is 1.47. The van der Waals surface area contributed by atoms with E-state index in [1.165, 1.54) is 17.4 Å². The van der Waals surface area contributed by atoms with Gasteiger partial charge in [-0.1, -0.05) is 18.2 Å². The highest BCUT2D eigenvalue weighted by Crippen LogP contribution is 2.22. The number of amides is 1. The largest absolute Gasteiger partial charge is 0.336 e. The van der Waals surface area contributed by atoms with Crippen molar-refractivity contribution in [1.29, 1.82) is 0 Å². The fraction of sp³-hybridized carbons (Fsp3) is 0.400. The van der Waals surface area contributed by atoms with E-state index in [1.807, 2.05) is 47.0 Å². The molecule has 1 aromatic carbocycles. The lowest BCUT2D eigenvalue weighted by Crippen LogP contribution is -2.48. The van der Waals surface area contributed by atoms with Gasteiger partial charge in [-0.25, -0.2) is 9.37 Å². The second-order valence-corrected chi connectivity index (χ2v) is 8.03. The summed E-state index contributed by atoms with van der Waals surface area (Å²) >= 11 is 1.48. The molecule has 4 rings (SSSR count). The van der Waals surface area contributed by atoms with Crippen molar-refractivity contribution < 1.29 is 9.18 Å². The number of carbonyl (C=O) groups excluding carboxylic acids is 1. The average Bonchev–Trinajstić information content (AvgIpc) is 3.21. The summed E-state index contributed by atoms with van der Waals surface area (Å²) in [5, 5.41) is 1.88. The van der Waals surface area contributed by atoms with Crippen LogP contribution in [0.25, 0.3) is 4.96 Å². The summed E-state index contributed by atoms with van der Waals surface area (Å²) in [6, 6.07) is 7.03. The fourth-order valence-electron chi connectivity index (χ4n) is 3.76. The molecule has 0 N–H and O–H groups in total. The van der Waals surface area contributed by atoms with Crippen molar-refractivity contribution in [3.8, 4) is 0 Å². The molecule has 1 fully saturated rings. The Morgan fingerprint density at radius 3 is 3.04 bits per heavy atom. The van der Waals surface area contributed by atoms with E-state index >= 15 is 0 Å². The van der Waals surface area contributed by atoms with Crippen molar-refractivity contribution in [3.05, 3.63) is 58.6 Å². The summed E-state index contributed by atoms with van der Waals surface area (Å²) in [6.07, 6.45) is 3.87. The van der Waals surface area contributed by atoms with Crippen molar-refractivity contribution in [1.82, 2.24) is 19.2 Å². The third kappa shape index (κ3) is 3.61. The molecule has 0 aliphatic carbocycles. The van der Waals surface area contributed by atoms with Crippen molar-refractivity contribution in [2.45, 2.75) is 32.4 Å². The highest BCUT2D eigenvalue weighted by Gasteiger charge is 2.28. The Morgan fingerprint density at radius 2 is 2.22 bits per heavy atom. The number of benzene rings is 1. The molecule has 0 radical (unpaired) electrons. The maximum atomic E-state index is 14.0. The van der Waals surface area contributed by atoms with Crippen LogP contribution in [0, 0.1) is 12.7 Å². The van der Waals surface area contributed by atoms with Crippen LogP contribution in [0.2, 0.25) is 0 Å². The van der Waals surface area contributed by atoms with Gasteiger partial charge in [0.25, 0.3) is 5.91 Å². The normalized spacial score (nSPS) is 18.1. The molecule has 3 aromatic rings. The van der Waals surface area contributed by atoms with Crippen LogP contribution in [0.15, 0.2) is 35.8 Å². The summed E-state index contributed by atoms with van der Waals surface area (Å²) in [5.74, 6) is -0.156. The quantitative estimate of drug-likeness (QED) is 0.688. The molecule has 5 nitrogen and oxygen atoms in total. The third-order valence-electron chi connectivity index (χ3n) is 5.25. The number of carbonyl (C=O) groups is 1.